The van der Waals surface area contributed by atoms with Crippen LogP contribution in [0.2, 0.25) is 5.02 Å². The molecule has 0 spiro atoms. The quantitative estimate of drug-likeness (QED) is 0.850. The molecule has 0 bridgehead atoms. The van der Waals surface area contributed by atoms with Crippen molar-refractivity contribution >= 4 is 23.2 Å². The van der Waals surface area contributed by atoms with Gasteiger partial charge in [-0.25, -0.2) is 9.37 Å². The minimum absolute atomic E-state index is 0.0295. The molecule has 2 aromatic rings. The van der Waals surface area contributed by atoms with Crippen LogP contribution < -0.4 is 5.32 Å². The van der Waals surface area contributed by atoms with Crippen molar-refractivity contribution in [3.63, 3.8) is 0 Å². The maximum Gasteiger partial charge on any atom is 0.255 e. The van der Waals surface area contributed by atoms with Crippen LogP contribution in [-0.4, -0.2) is 10.9 Å². The first-order chi connectivity index (χ1) is 8.58. The van der Waals surface area contributed by atoms with E-state index < -0.39 is 17.7 Å². The van der Waals surface area contributed by atoms with Gasteiger partial charge in [-0.05, 0) is 18.2 Å². The van der Waals surface area contributed by atoms with Crippen molar-refractivity contribution < 1.29 is 13.6 Å². The number of pyridine rings is 1. The largest absolute Gasteiger partial charge is 0.318 e. The fourth-order valence-corrected chi connectivity index (χ4v) is 1.56. The summed E-state index contributed by atoms with van der Waals surface area (Å²) in [5.41, 5.74) is -0.108. The van der Waals surface area contributed by atoms with Crippen LogP contribution in [0.5, 0.6) is 0 Å². The summed E-state index contributed by atoms with van der Waals surface area (Å²) < 4.78 is 26.3. The van der Waals surface area contributed by atoms with Crippen molar-refractivity contribution in [1.82, 2.24) is 4.98 Å². The lowest BCUT2D eigenvalue weighted by molar-refractivity contribution is 0.102. The number of amides is 1. The van der Waals surface area contributed by atoms with Crippen LogP contribution in [-0.2, 0) is 0 Å². The molecule has 1 aromatic carbocycles. The Bertz CT molecular complexity index is 584. The average molecular weight is 269 g/mol. The highest BCUT2D eigenvalue weighted by Gasteiger charge is 2.12. The zero-order valence-corrected chi connectivity index (χ0v) is 9.71. The number of carbonyl (C=O) groups excluding carboxylic acids is 1. The summed E-state index contributed by atoms with van der Waals surface area (Å²) in [7, 11) is 0. The van der Waals surface area contributed by atoms with Gasteiger partial charge in [0.1, 0.15) is 5.82 Å². The second-order valence-corrected chi connectivity index (χ2v) is 3.83. The summed E-state index contributed by atoms with van der Waals surface area (Å²) in [4.78, 5) is 15.1. The molecule has 0 aliphatic carbocycles. The molecule has 1 heterocycles. The summed E-state index contributed by atoms with van der Waals surface area (Å²) in [6, 6.07) is 6.28. The Balaban J connectivity index is 2.27. The van der Waals surface area contributed by atoms with Crippen LogP contribution in [0.1, 0.15) is 10.4 Å². The van der Waals surface area contributed by atoms with E-state index in [1.165, 1.54) is 18.2 Å². The number of rotatable bonds is 2. The maximum atomic E-state index is 13.4. The molecule has 0 saturated heterocycles. The molecule has 1 aromatic heterocycles. The fraction of sp³-hybridized carbons (Fsp3) is 0. The third kappa shape index (κ3) is 2.62. The molecule has 1 N–H and O–H groups in total. The maximum absolute atomic E-state index is 13.4. The number of hydrogen-bond acceptors (Lipinski definition) is 2. The molecule has 0 aliphatic rings. The van der Waals surface area contributed by atoms with Gasteiger partial charge in [-0.2, -0.15) is 4.39 Å². The van der Waals surface area contributed by atoms with Crippen molar-refractivity contribution in [1.29, 1.82) is 0 Å². The molecule has 18 heavy (non-hydrogen) atoms. The average Bonchev–Trinajstić information content (AvgIpc) is 2.34. The lowest BCUT2D eigenvalue weighted by Crippen LogP contribution is -2.13. The number of nitrogens with one attached hydrogen (secondary N) is 1. The van der Waals surface area contributed by atoms with E-state index in [4.69, 9.17) is 11.6 Å². The standard InChI is InChI=1S/C12H7ClF2N2O/c13-8-2-1-3-9(14)11(8)17-12(18)7-4-5-16-10(15)6-7/h1-6H,(H,17,18). The molecule has 0 saturated carbocycles. The lowest BCUT2D eigenvalue weighted by Gasteiger charge is -2.08. The Morgan fingerprint density at radius 1 is 1.28 bits per heavy atom. The van der Waals surface area contributed by atoms with Gasteiger partial charge in [-0.1, -0.05) is 17.7 Å². The number of halogens is 3. The SMILES string of the molecule is O=C(Nc1c(F)cccc1Cl)c1ccnc(F)c1. The van der Waals surface area contributed by atoms with Crippen LogP contribution in [0.25, 0.3) is 0 Å². The van der Waals surface area contributed by atoms with E-state index in [0.29, 0.717) is 0 Å². The van der Waals surface area contributed by atoms with Crippen LogP contribution in [0.4, 0.5) is 14.5 Å². The number of nitrogens with zero attached hydrogens (tertiary/aromatic N) is 1. The Morgan fingerprint density at radius 2 is 2.06 bits per heavy atom. The van der Waals surface area contributed by atoms with E-state index >= 15 is 0 Å². The molecule has 0 aliphatic heterocycles. The monoisotopic (exact) mass is 268 g/mol. The third-order valence-electron chi connectivity index (χ3n) is 2.19. The van der Waals surface area contributed by atoms with Crippen molar-refractivity contribution in [2.45, 2.75) is 0 Å². The molecule has 6 heteroatoms. The van der Waals surface area contributed by atoms with Crippen LogP contribution in [0.3, 0.4) is 0 Å². The predicted molar refractivity (Wildman–Crippen MR) is 63.6 cm³/mol. The lowest BCUT2D eigenvalue weighted by atomic mass is 10.2. The molecule has 3 nitrogen and oxygen atoms in total. The Kier molecular flexibility index (Phi) is 3.53. The van der Waals surface area contributed by atoms with E-state index in [9.17, 15) is 13.6 Å². The smallest absolute Gasteiger partial charge is 0.255 e. The van der Waals surface area contributed by atoms with Crippen molar-refractivity contribution in [2.24, 2.45) is 0 Å². The van der Waals surface area contributed by atoms with Gasteiger partial charge in [0.15, 0.2) is 0 Å². The fourth-order valence-electron chi connectivity index (χ4n) is 1.35. The predicted octanol–water partition coefficient (Wildman–Crippen LogP) is 3.27. The van der Waals surface area contributed by atoms with Gasteiger partial charge in [-0.15, -0.1) is 0 Å². The number of hydrogen-bond donors (Lipinski definition) is 1. The highest BCUT2D eigenvalue weighted by molar-refractivity contribution is 6.33. The van der Waals surface area contributed by atoms with Crippen LogP contribution in [0, 0.1) is 11.8 Å². The highest BCUT2D eigenvalue weighted by atomic mass is 35.5. The minimum Gasteiger partial charge on any atom is -0.318 e. The first kappa shape index (κ1) is 12.4. The molecule has 0 unspecified atom stereocenters. The number of para-hydroxylation sites is 1. The second kappa shape index (κ2) is 5.10. The van der Waals surface area contributed by atoms with Gasteiger partial charge in [0.25, 0.3) is 5.91 Å². The van der Waals surface area contributed by atoms with Crippen molar-refractivity contribution in [3.8, 4) is 0 Å². The Labute approximate surface area is 106 Å². The summed E-state index contributed by atoms with van der Waals surface area (Å²) >= 11 is 5.75. The molecule has 0 atom stereocenters. The Morgan fingerprint density at radius 3 is 2.72 bits per heavy atom. The van der Waals surface area contributed by atoms with E-state index in [0.717, 1.165) is 18.3 Å². The minimum atomic E-state index is -0.790. The molecule has 92 valence electrons. The van der Waals surface area contributed by atoms with Gasteiger partial charge in [0.05, 0.1) is 10.7 Å². The van der Waals surface area contributed by atoms with Crippen molar-refractivity contribution in [2.75, 3.05) is 5.32 Å². The summed E-state index contributed by atoms with van der Waals surface area (Å²) in [6.07, 6.45) is 1.15. The molecule has 2 rings (SSSR count). The third-order valence-corrected chi connectivity index (χ3v) is 2.51. The van der Waals surface area contributed by atoms with Crippen molar-refractivity contribution in [3.05, 3.63) is 58.9 Å². The zero-order valence-electron chi connectivity index (χ0n) is 8.95. The van der Waals surface area contributed by atoms with Gasteiger partial charge in [0.2, 0.25) is 5.95 Å². The molecule has 0 fully saturated rings. The molecular formula is C12H7ClF2N2O. The van der Waals surface area contributed by atoms with E-state index in [2.05, 4.69) is 10.3 Å². The second-order valence-electron chi connectivity index (χ2n) is 3.42. The molecular weight excluding hydrogens is 262 g/mol. The van der Waals surface area contributed by atoms with Crippen LogP contribution >= 0.6 is 11.6 Å². The number of anilines is 1. The van der Waals surface area contributed by atoms with Gasteiger partial charge >= 0.3 is 0 Å². The van der Waals surface area contributed by atoms with Crippen LogP contribution in [0.15, 0.2) is 36.5 Å². The molecule has 0 radical (unpaired) electrons. The first-order valence-electron chi connectivity index (χ1n) is 4.95. The summed E-state index contributed by atoms with van der Waals surface area (Å²) in [6.45, 7) is 0. The number of aromatic nitrogens is 1. The number of benzene rings is 1. The Hall–Kier alpha value is -2.01. The topological polar surface area (TPSA) is 42.0 Å². The molecule has 1 amide bonds. The first-order valence-corrected chi connectivity index (χ1v) is 5.32. The van der Waals surface area contributed by atoms with Gasteiger partial charge in [0, 0.05) is 17.8 Å². The number of carbonyl (C=O) groups is 1. The van der Waals surface area contributed by atoms with E-state index in [-0.39, 0.29) is 16.3 Å². The summed E-state index contributed by atoms with van der Waals surface area (Å²) in [5, 5.41) is 2.35. The van der Waals surface area contributed by atoms with Gasteiger partial charge < -0.3 is 5.32 Å². The zero-order chi connectivity index (χ0) is 13.1. The van der Waals surface area contributed by atoms with E-state index in [1.54, 1.807) is 0 Å². The highest BCUT2D eigenvalue weighted by Crippen LogP contribution is 2.25. The normalized spacial score (nSPS) is 10.2. The van der Waals surface area contributed by atoms with Gasteiger partial charge in [-0.3, -0.25) is 4.79 Å². The van der Waals surface area contributed by atoms with E-state index in [1.807, 2.05) is 0 Å². The summed E-state index contributed by atoms with van der Waals surface area (Å²) in [5.74, 6) is -2.11.